The lowest BCUT2D eigenvalue weighted by atomic mass is 10.1. The molecule has 0 spiro atoms. The van der Waals surface area contributed by atoms with Crippen molar-refractivity contribution in [3.63, 3.8) is 0 Å². The molecule has 1 aliphatic rings. The van der Waals surface area contributed by atoms with Crippen molar-refractivity contribution in [2.75, 3.05) is 0 Å². The summed E-state index contributed by atoms with van der Waals surface area (Å²) in [5.41, 5.74) is 0.279. The summed E-state index contributed by atoms with van der Waals surface area (Å²) in [6.07, 6.45) is 3.03. The number of carbonyl (C=O) groups is 1. The lowest BCUT2D eigenvalue weighted by Gasteiger charge is -2.03. The molecule has 0 aromatic rings. The van der Waals surface area contributed by atoms with Gasteiger partial charge in [-0.2, -0.15) is 0 Å². The van der Waals surface area contributed by atoms with Crippen molar-refractivity contribution in [1.82, 2.24) is 0 Å². The lowest BCUT2D eigenvalue weighted by Crippen LogP contribution is -2.02. The molecule has 0 atom stereocenters. The number of hydrogen-bond donors (Lipinski definition) is 1. The van der Waals surface area contributed by atoms with Crippen LogP contribution >= 0.6 is 0 Å². The molecule has 1 aliphatic carbocycles. The summed E-state index contributed by atoms with van der Waals surface area (Å²) in [6.45, 7) is 0. The van der Waals surface area contributed by atoms with E-state index in [9.17, 15) is 9.18 Å². The molecule has 0 unspecified atom stereocenters. The highest BCUT2D eigenvalue weighted by atomic mass is 19.1. The number of carboxylic acids is 1. The van der Waals surface area contributed by atoms with Gasteiger partial charge in [0.25, 0.3) is 0 Å². The van der Waals surface area contributed by atoms with Crippen LogP contribution in [-0.4, -0.2) is 11.1 Å². The Hall–Kier alpha value is -1.12. The zero-order valence-electron chi connectivity index (χ0n) is 5.30. The Labute approximate surface area is 57.7 Å². The third kappa shape index (κ3) is 1.43. The average molecular weight is 142 g/mol. The Morgan fingerprint density at radius 2 is 2.20 bits per heavy atom. The van der Waals surface area contributed by atoms with Crippen LogP contribution < -0.4 is 0 Å². The Balaban J connectivity index is 2.74. The van der Waals surface area contributed by atoms with Crippen molar-refractivity contribution in [2.24, 2.45) is 0 Å². The van der Waals surface area contributed by atoms with Crippen LogP contribution in [0.25, 0.3) is 0 Å². The summed E-state index contributed by atoms with van der Waals surface area (Å²) in [4.78, 5) is 10.2. The van der Waals surface area contributed by atoms with Gasteiger partial charge in [0.05, 0.1) is 0 Å². The fraction of sp³-hybridized carbons (Fsp3) is 0.286. The zero-order chi connectivity index (χ0) is 7.56. The summed E-state index contributed by atoms with van der Waals surface area (Å²) < 4.78 is 12.2. The van der Waals surface area contributed by atoms with Gasteiger partial charge in [-0.25, -0.2) is 9.18 Å². The van der Waals surface area contributed by atoms with Crippen molar-refractivity contribution >= 4 is 5.97 Å². The molecule has 1 N–H and O–H groups in total. The summed E-state index contributed by atoms with van der Waals surface area (Å²) in [7, 11) is 0. The van der Waals surface area contributed by atoms with Crippen LogP contribution in [0.4, 0.5) is 4.39 Å². The number of allylic oxidation sites excluding steroid dienone is 3. The number of hydrogen-bond acceptors (Lipinski definition) is 1. The van der Waals surface area contributed by atoms with Gasteiger partial charge in [-0.15, -0.1) is 0 Å². The molecule has 0 heterocycles. The molecule has 0 aromatic carbocycles. The Kier molecular flexibility index (Phi) is 1.85. The maximum absolute atomic E-state index is 12.2. The van der Waals surface area contributed by atoms with Crippen LogP contribution in [0.2, 0.25) is 0 Å². The zero-order valence-corrected chi connectivity index (χ0v) is 5.30. The maximum atomic E-state index is 12.2. The molecule has 0 aromatic heterocycles. The van der Waals surface area contributed by atoms with Crippen molar-refractivity contribution in [3.8, 4) is 0 Å². The molecule has 3 heteroatoms. The summed E-state index contributed by atoms with van der Waals surface area (Å²) in [5.74, 6) is -1.20. The minimum absolute atomic E-state index is 0.220. The van der Waals surface area contributed by atoms with E-state index in [1.165, 1.54) is 12.2 Å². The van der Waals surface area contributed by atoms with E-state index < -0.39 is 5.97 Å². The highest BCUT2D eigenvalue weighted by Gasteiger charge is 2.10. The van der Waals surface area contributed by atoms with E-state index in [1.807, 2.05) is 0 Å². The van der Waals surface area contributed by atoms with Crippen molar-refractivity contribution in [1.29, 1.82) is 0 Å². The number of carboxylic acid groups (broad SMARTS) is 1. The molecule has 0 saturated carbocycles. The van der Waals surface area contributed by atoms with E-state index in [1.54, 1.807) is 0 Å². The Bertz CT molecular complexity index is 216. The van der Waals surface area contributed by atoms with Crippen LogP contribution in [0, 0.1) is 0 Å². The van der Waals surface area contributed by atoms with Gasteiger partial charge in [0.1, 0.15) is 5.83 Å². The molecule has 0 amide bonds. The van der Waals surface area contributed by atoms with Crippen molar-refractivity contribution in [3.05, 3.63) is 23.6 Å². The van der Waals surface area contributed by atoms with E-state index in [0.717, 1.165) is 0 Å². The molecule has 54 valence electrons. The molecular formula is C7H7FO2. The smallest absolute Gasteiger partial charge is 0.331 e. The minimum atomic E-state index is -0.955. The first-order chi connectivity index (χ1) is 4.70. The molecule has 0 saturated heterocycles. The molecule has 0 radical (unpaired) electrons. The number of aliphatic carboxylic acids is 1. The van der Waals surface area contributed by atoms with E-state index in [0.29, 0.717) is 6.42 Å². The van der Waals surface area contributed by atoms with E-state index in [2.05, 4.69) is 0 Å². The third-order valence-corrected chi connectivity index (χ3v) is 1.37. The normalized spacial score (nSPS) is 17.7. The van der Waals surface area contributed by atoms with Crippen molar-refractivity contribution in [2.45, 2.75) is 12.8 Å². The van der Waals surface area contributed by atoms with Crippen LogP contribution in [0.15, 0.2) is 23.6 Å². The van der Waals surface area contributed by atoms with Gasteiger partial charge in [-0.05, 0) is 18.6 Å². The first kappa shape index (κ1) is 6.99. The summed E-state index contributed by atoms with van der Waals surface area (Å²) in [6, 6.07) is 0. The molecule has 0 aliphatic heterocycles. The van der Waals surface area contributed by atoms with E-state index in [-0.39, 0.29) is 17.8 Å². The fourth-order valence-electron chi connectivity index (χ4n) is 0.790. The van der Waals surface area contributed by atoms with Gasteiger partial charge in [-0.1, -0.05) is 0 Å². The van der Waals surface area contributed by atoms with Crippen LogP contribution in [0.5, 0.6) is 0 Å². The second kappa shape index (κ2) is 2.64. The molecule has 0 fully saturated rings. The Morgan fingerprint density at radius 3 is 2.60 bits per heavy atom. The van der Waals surface area contributed by atoms with Gasteiger partial charge >= 0.3 is 5.97 Å². The van der Waals surface area contributed by atoms with Crippen LogP contribution in [0.3, 0.4) is 0 Å². The highest BCUT2D eigenvalue weighted by Crippen LogP contribution is 2.18. The SMILES string of the molecule is O=C(O)C1=CC=C(F)CC1. The Morgan fingerprint density at radius 1 is 1.50 bits per heavy atom. The molecular weight excluding hydrogens is 135 g/mol. The first-order valence-electron chi connectivity index (χ1n) is 2.98. The maximum Gasteiger partial charge on any atom is 0.331 e. The predicted molar refractivity (Wildman–Crippen MR) is 34.1 cm³/mol. The monoisotopic (exact) mass is 142 g/mol. The average Bonchev–Trinajstić information content (AvgIpc) is 1.88. The quantitative estimate of drug-likeness (QED) is 0.604. The molecule has 1 rings (SSSR count). The van der Waals surface area contributed by atoms with Gasteiger partial charge in [-0.3, -0.25) is 0 Å². The summed E-state index contributed by atoms with van der Waals surface area (Å²) in [5, 5.41) is 8.40. The lowest BCUT2D eigenvalue weighted by molar-refractivity contribution is -0.132. The van der Waals surface area contributed by atoms with E-state index in [4.69, 9.17) is 5.11 Å². The second-order valence-electron chi connectivity index (χ2n) is 2.11. The van der Waals surface area contributed by atoms with Crippen molar-refractivity contribution < 1.29 is 14.3 Å². The number of halogens is 1. The van der Waals surface area contributed by atoms with Gasteiger partial charge in [0, 0.05) is 12.0 Å². The predicted octanol–water partition coefficient (Wildman–Crippen LogP) is 1.64. The highest BCUT2D eigenvalue weighted by molar-refractivity contribution is 5.87. The molecule has 2 nitrogen and oxygen atoms in total. The van der Waals surface area contributed by atoms with Crippen LogP contribution in [0.1, 0.15) is 12.8 Å². The van der Waals surface area contributed by atoms with E-state index >= 15 is 0 Å². The number of rotatable bonds is 1. The topological polar surface area (TPSA) is 37.3 Å². The summed E-state index contributed by atoms with van der Waals surface area (Å²) >= 11 is 0. The first-order valence-corrected chi connectivity index (χ1v) is 2.98. The molecule has 0 bridgehead atoms. The minimum Gasteiger partial charge on any atom is -0.478 e. The largest absolute Gasteiger partial charge is 0.478 e. The van der Waals surface area contributed by atoms with Gasteiger partial charge in [0.2, 0.25) is 0 Å². The second-order valence-corrected chi connectivity index (χ2v) is 2.11. The van der Waals surface area contributed by atoms with Gasteiger partial charge < -0.3 is 5.11 Å². The third-order valence-electron chi connectivity index (χ3n) is 1.37. The fourth-order valence-corrected chi connectivity index (χ4v) is 0.790. The van der Waals surface area contributed by atoms with Gasteiger partial charge in [0.15, 0.2) is 0 Å². The van der Waals surface area contributed by atoms with Crippen LogP contribution in [-0.2, 0) is 4.79 Å². The standard InChI is InChI=1S/C7H7FO2/c8-6-3-1-5(2-4-6)7(9)10/h1,3H,2,4H2,(H,9,10). The molecule has 10 heavy (non-hydrogen) atoms.